The molecular formula is C34H39N7O2. The number of ether oxygens (including phenoxy) is 1. The van der Waals surface area contributed by atoms with Gasteiger partial charge in [-0.25, -0.2) is 4.98 Å². The molecule has 0 radical (unpaired) electrons. The van der Waals surface area contributed by atoms with Gasteiger partial charge in [0.15, 0.2) is 6.35 Å². The first-order valence-corrected chi connectivity index (χ1v) is 15.4. The zero-order chi connectivity index (χ0) is 29.2. The summed E-state index contributed by atoms with van der Waals surface area (Å²) in [5.74, 6) is 0. The van der Waals surface area contributed by atoms with Gasteiger partial charge in [0.1, 0.15) is 11.3 Å². The molecule has 3 aromatic heterocycles. The number of aromatic amines is 1. The van der Waals surface area contributed by atoms with Crippen LogP contribution in [0.1, 0.15) is 25.3 Å². The molecule has 0 saturated carbocycles. The summed E-state index contributed by atoms with van der Waals surface area (Å²) >= 11 is 0. The predicted molar refractivity (Wildman–Crippen MR) is 170 cm³/mol. The molecule has 5 heterocycles. The van der Waals surface area contributed by atoms with E-state index in [0.717, 1.165) is 116 Å². The van der Waals surface area contributed by atoms with Crippen molar-refractivity contribution in [1.82, 2.24) is 29.5 Å². The van der Waals surface area contributed by atoms with Crippen LogP contribution in [0.2, 0.25) is 0 Å². The second-order valence-electron chi connectivity index (χ2n) is 11.5. The van der Waals surface area contributed by atoms with E-state index in [9.17, 15) is 5.11 Å². The highest BCUT2D eigenvalue weighted by molar-refractivity contribution is 5.99. The highest BCUT2D eigenvalue weighted by Gasteiger charge is 2.20. The van der Waals surface area contributed by atoms with Crippen molar-refractivity contribution in [2.45, 2.75) is 39.2 Å². The number of anilines is 1. The molecule has 1 unspecified atom stereocenters. The number of aliphatic hydroxyl groups is 1. The van der Waals surface area contributed by atoms with E-state index < -0.39 is 6.35 Å². The number of likely N-dealkylation sites (tertiary alicyclic amines) is 1. The van der Waals surface area contributed by atoms with E-state index in [0.29, 0.717) is 0 Å². The van der Waals surface area contributed by atoms with Crippen LogP contribution in [0.5, 0.6) is 0 Å². The third-order valence-corrected chi connectivity index (χ3v) is 8.62. The lowest BCUT2D eigenvalue weighted by molar-refractivity contribution is 0.0342. The van der Waals surface area contributed by atoms with E-state index in [1.54, 1.807) is 0 Å². The Hall–Kier alpha value is -4.02. The van der Waals surface area contributed by atoms with Crippen LogP contribution < -0.4 is 5.32 Å². The predicted octanol–water partition coefficient (Wildman–Crippen LogP) is 5.40. The Kier molecular flexibility index (Phi) is 7.95. The topological polar surface area (TPSA) is 94.5 Å². The van der Waals surface area contributed by atoms with Crippen LogP contribution >= 0.6 is 0 Å². The fraction of sp³-hybridized carbons (Fsp3) is 0.353. The zero-order valence-electron chi connectivity index (χ0n) is 24.7. The first-order valence-electron chi connectivity index (χ1n) is 15.4. The number of hydrogen-bond donors (Lipinski definition) is 3. The second kappa shape index (κ2) is 12.3. The van der Waals surface area contributed by atoms with Gasteiger partial charge in [0, 0.05) is 79.6 Å². The van der Waals surface area contributed by atoms with Gasteiger partial charge in [-0.05, 0) is 60.7 Å². The van der Waals surface area contributed by atoms with Crippen LogP contribution in [0, 0.1) is 0 Å². The average Bonchev–Trinajstić information content (AvgIpc) is 3.82. The quantitative estimate of drug-likeness (QED) is 0.202. The van der Waals surface area contributed by atoms with Crippen LogP contribution in [0.25, 0.3) is 44.7 Å². The van der Waals surface area contributed by atoms with Gasteiger partial charge in [-0.2, -0.15) is 5.10 Å². The summed E-state index contributed by atoms with van der Waals surface area (Å²) in [6.07, 6.45) is 5.58. The molecule has 0 amide bonds. The minimum absolute atomic E-state index is 0.669. The molecule has 222 valence electrons. The summed E-state index contributed by atoms with van der Waals surface area (Å²) in [6.45, 7) is 9.26. The first-order chi connectivity index (χ1) is 21.1. The number of nitrogens with zero attached hydrogens (tertiary/aromatic N) is 5. The molecule has 43 heavy (non-hydrogen) atoms. The largest absolute Gasteiger partial charge is 0.379 e. The molecule has 2 saturated heterocycles. The zero-order valence-corrected chi connectivity index (χ0v) is 24.7. The van der Waals surface area contributed by atoms with Crippen molar-refractivity contribution in [3.05, 3.63) is 78.6 Å². The van der Waals surface area contributed by atoms with Crippen molar-refractivity contribution in [2.75, 3.05) is 44.7 Å². The molecule has 0 aliphatic carbocycles. The molecule has 2 fully saturated rings. The number of pyridine rings is 1. The summed E-state index contributed by atoms with van der Waals surface area (Å²) in [7, 11) is 0. The molecule has 2 aliphatic rings. The number of benzene rings is 2. The van der Waals surface area contributed by atoms with Crippen LogP contribution in [-0.2, 0) is 17.8 Å². The van der Waals surface area contributed by atoms with E-state index in [1.165, 1.54) is 5.56 Å². The summed E-state index contributed by atoms with van der Waals surface area (Å²) < 4.78 is 7.48. The maximum Gasteiger partial charge on any atom is 0.184 e. The fourth-order valence-corrected chi connectivity index (χ4v) is 6.17. The van der Waals surface area contributed by atoms with Gasteiger partial charge in [0.05, 0.1) is 13.2 Å². The SMILES string of the molecule is CCn1cc(-c2ccnc3[nH]c(-c4ccc(CN5CCOCC5)cc4)cc23)c(-c2ccc(NC(O)N3CCCC3)cc2)n1. The Morgan fingerprint density at radius 3 is 2.42 bits per heavy atom. The van der Waals surface area contributed by atoms with Gasteiger partial charge < -0.3 is 20.1 Å². The molecule has 2 aliphatic heterocycles. The lowest BCUT2D eigenvalue weighted by Gasteiger charge is -2.26. The lowest BCUT2D eigenvalue weighted by Crippen LogP contribution is -2.38. The number of nitrogens with one attached hydrogen (secondary N) is 2. The van der Waals surface area contributed by atoms with E-state index in [2.05, 4.69) is 86.7 Å². The highest BCUT2D eigenvalue weighted by Crippen LogP contribution is 2.37. The van der Waals surface area contributed by atoms with Crippen molar-refractivity contribution >= 4 is 16.7 Å². The minimum Gasteiger partial charge on any atom is -0.379 e. The van der Waals surface area contributed by atoms with Crippen LogP contribution in [-0.4, -0.2) is 80.4 Å². The Morgan fingerprint density at radius 2 is 1.67 bits per heavy atom. The Balaban J connectivity index is 1.16. The smallest absolute Gasteiger partial charge is 0.184 e. The van der Waals surface area contributed by atoms with Crippen molar-refractivity contribution in [2.24, 2.45) is 0 Å². The number of H-pyrrole nitrogens is 1. The van der Waals surface area contributed by atoms with Gasteiger partial charge in [-0.3, -0.25) is 14.5 Å². The van der Waals surface area contributed by atoms with Gasteiger partial charge >= 0.3 is 0 Å². The highest BCUT2D eigenvalue weighted by atomic mass is 16.5. The normalized spacial score (nSPS) is 17.1. The molecule has 3 N–H and O–H groups in total. The number of rotatable bonds is 9. The molecule has 2 aromatic carbocycles. The summed E-state index contributed by atoms with van der Waals surface area (Å²) in [5, 5.41) is 19.8. The molecule has 0 bridgehead atoms. The summed E-state index contributed by atoms with van der Waals surface area (Å²) in [6, 6.07) is 21.3. The molecule has 0 spiro atoms. The molecule has 5 aromatic rings. The number of fused-ring (bicyclic) bond motifs is 1. The number of aliphatic hydroxyl groups excluding tert-OH is 1. The Bertz CT molecular complexity index is 1660. The number of aryl methyl sites for hydroxylation is 1. The van der Waals surface area contributed by atoms with E-state index in [-0.39, 0.29) is 0 Å². The summed E-state index contributed by atoms with van der Waals surface area (Å²) in [4.78, 5) is 12.7. The summed E-state index contributed by atoms with van der Waals surface area (Å²) in [5.41, 5.74) is 9.35. The van der Waals surface area contributed by atoms with Crippen molar-refractivity contribution in [3.8, 4) is 33.6 Å². The third kappa shape index (κ3) is 5.94. The monoisotopic (exact) mass is 577 g/mol. The van der Waals surface area contributed by atoms with Gasteiger partial charge in [0.2, 0.25) is 0 Å². The van der Waals surface area contributed by atoms with Gasteiger partial charge in [-0.1, -0.05) is 36.4 Å². The average molecular weight is 578 g/mol. The second-order valence-corrected chi connectivity index (χ2v) is 11.5. The van der Waals surface area contributed by atoms with E-state index >= 15 is 0 Å². The van der Waals surface area contributed by atoms with Crippen molar-refractivity contribution in [3.63, 3.8) is 0 Å². The standard InChI is InChI=1S/C34H39N7O2/c1-2-41-23-30(32(38-41)26-9-11-27(12-10-26)36-34(42)40-15-3-4-16-40)28-13-14-35-33-29(28)21-31(37-33)25-7-5-24(6-8-25)22-39-17-19-43-20-18-39/h5-14,21,23,34,36,42H,2-4,15-20,22H2,1H3,(H,35,37). The van der Waals surface area contributed by atoms with Crippen LogP contribution in [0.3, 0.4) is 0 Å². The molecule has 9 heteroatoms. The number of morpholine rings is 1. The Labute approximate surface area is 252 Å². The fourth-order valence-electron chi connectivity index (χ4n) is 6.17. The maximum atomic E-state index is 10.6. The lowest BCUT2D eigenvalue weighted by atomic mass is 10.00. The third-order valence-electron chi connectivity index (χ3n) is 8.62. The molecule has 9 nitrogen and oxygen atoms in total. The first kappa shape index (κ1) is 27.8. The van der Waals surface area contributed by atoms with Crippen molar-refractivity contribution in [1.29, 1.82) is 0 Å². The van der Waals surface area contributed by atoms with Crippen molar-refractivity contribution < 1.29 is 9.84 Å². The van der Waals surface area contributed by atoms with Gasteiger partial charge in [-0.15, -0.1) is 0 Å². The number of aromatic nitrogens is 4. The Morgan fingerprint density at radius 1 is 0.930 bits per heavy atom. The van der Waals surface area contributed by atoms with Crippen LogP contribution in [0.4, 0.5) is 5.69 Å². The van der Waals surface area contributed by atoms with Crippen LogP contribution in [0.15, 0.2) is 73.1 Å². The molecular weight excluding hydrogens is 538 g/mol. The van der Waals surface area contributed by atoms with Gasteiger partial charge in [0.25, 0.3) is 0 Å². The number of hydrogen-bond acceptors (Lipinski definition) is 7. The molecule has 1 atom stereocenters. The van der Waals surface area contributed by atoms with E-state index in [1.807, 2.05) is 23.0 Å². The maximum absolute atomic E-state index is 10.6. The molecule has 7 rings (SSSR count). The minimum atomic E-state index is -0.669. The van der Waals surface area contributed by atoms with E-state index in [4.69, 9.17) is 9.84 Å².